The molecule has 0 heterocycles. The molecule has 1 aromatic carbocycles. The average molecular weight is 250 g/mol. The Kier molecular flexibility index (Phi) is 5.79. The zero-order chi connectivity index (χ0) is 13.6. The number of ether oxygens (including phenoxy) is 1. The van der Waals surface area contributed by atoms with Crippen LogP contribution in [0.3, 0.4) is 0 Å². The van der Waals surface area contributed by atoms with Gasteiger partial charge >= 0.3 is 0 Å². The number of hydrogen-bond donors (Lipinski definition) is 2. The van der Waals surface area contributed by atoms with E-state index in [2.05, 4.69) is 20.8 Å². The molecule has 1 aromatic rings. The first kappa shape index (κ1) is 15.2. The summed E-state index contributed by atoms with van der Waals surface area (Å²) in [6, 6.07) is 9.89. The van der Waals surface area contributed by atoms with Crippen molar-refractivity contribution in [2.75, 3.05) is 0 Å². The van der Waals surface area contributed by atoms with Crippen molar-refractivity contribution >= 4 is 0 Å². The zero-order valence-corrected chi connectivity index (χ0v) is 11.7. The fourth-order valence-electron chi connectivity index (χ4n) is 1.79. The summed E-state index contributed by atoms with van der Waals surface area (Å²) in [6.07, 6.45) is 1.56. The van der Waals surface area contributed by atoms with Crippen molar-refractivity contribution in [3.63, 3.8) is 0 Å². The molecule has 0 aliphatic rings. The molecule has 18 heavy (non-hydrogen) atoms. The van der Waals surface area contributed by atoms with Gasteiger partial charge in [-0.3, -0.25) is 0 Å². The van der Waals surface area contributed by atoms with Gasteiger partial charge in [0.2, 0.25) is 0 Å². The second-order valence-corrected chi connectivity index (χ2v) is 5.65. The van der Waals surface area contributed by atoms with Crippen LogP contribution in [0.25, 0.3) is 0 Å². The first-order valence-electron chi connectivity index (χ1n) is 6.61. The molecule has 3 heteroatoms. The zero-order valence-electron chi connectivity index (χ0n) is 11.7. The van der Waals surface area contributed by atoms with Crippen molar-refractivity contribution in [3.05, 3.63) is 35.9 Å². The highest BCUT2D eigenvalue weighted by atomic mass is 16.5. The molecular formula is C15H26N2O. The normalized spacial score (nSPS) is 15.4. The van der Waals surface area contributed by atoms with Crippen molar-refractivity contribution < 1.29 is 4.74 Å². The molecule has 2 atom stereocenters. The third kappa shape index (κ3) is 5.17. The van der Waals surface area contributed by atoms with E-state index >= 15 is 0 Å². The minimum Gasteiger partial charge on any atom is -0.357 e. The number of hydrogen-bond acceptors (Lipinski definition) is 3. The van der Waals surface area contributed by atoms with Gasteiger partial charge in [0, 0.05) is 6.04 Å². The lowest BCUT2D eigenvalue weighted by atomic mass is 9.83. The Morgan fingerprint density at radius 1 is 1.17 bits per heavy atom. The van der Waals surface area contributed by atoms with Crippen LogP contribution in [-0.2, 0) is 11.3 Å². The van der Waals surface area contributed by atoms with Gasteiger partial charge in [-0.2, -0.15) is 0 Å². The van der Waals surface area contributed by atoms with Gasteiger partial charge in [0.15, 0.2) is 0 Å². The Labute approximate surface area is 111 Å². The van der Waals surface area contributed by atoms with Gasteiger partial charge in [0.25, 0.3) is 0 Å². The summed E-state index contributed by atoms with van der Waals surface area (Å²) >= 11 is 0. The Hall–Kier alpha value is -0.900. The van der Waals surface area contributed by atoms with Gasteiger partial charge in [-0.25, -0.2) is 0 Å². The highest BCUT2D eigenvalue weighted by molar-refractivity contribution is 5.13. The minimum absolute atomic E-state index is 0.122. The second kappa shape index (κ2) is 6.88. The highest BCUT2D eigenvalue weighted by Crippen LogP contribution is 2.26. The maximum atomic E-state index is 6.09. The van der Waals surface area contributed by atoms with Crippen LogP contribution in [0.2, 0.25) is 0 Å². The van der Waals surface area contributed by atoms with Crippen LogP contribution in [0.4, 0.5) is 0 Å². The standard InChI is InChI=1S/C15H26N2O/c1-4-15(2,3)10-13(16)14(17)18-11-12-8-6-5-7-9-12/h5-9,13-14H,4,10-11,16-17H2,1-3H3/t13?,14-/m0/s1. The van der Waals surface area contributed by atoms with Crippen LogP contribution in [0.5, 0.6) is 0 Å². The van der Waals surface area contributed by atoms with Crippen LogP contribution in [-0.4, -0.2) is 12.3 Å². The van der Waals surface area contributed by atoms with E-state index in [1.165, 1.54) is 0 Å². The van der Waals surface area contributed by atoms with Crippen LogP contribution in [0.1, 0.15) is 39.2 Å². The molecule has 3 nitrogen and oxygen atoms in total. The molecule has 102 valence electrons. The van der Waals surface area contributed by atoms with Crippen LogP contribution in [0.15, 0.2) is 30.3 Å². The smallest absolute Gasteiger partial charge is 0.121 e. The average Bonchev–Trinajstić information content (AvgIpc) is 2.36. The molecule has 0 fully saturated rings. The van der Waals surface area contributed by atoms with E-state index < -0.39 is 6.23 Å². The molecular weight excluding hydrogens is 224 g/mol. The summed E-state index contributed by atoms with van der Waals surface area (Å²) in [5.74, 6) is 0. The molecule has 0 saturated heterocycles. The summed E-state index contributed by atoms with van der Waals surface area (Å²) in [5.41, 5.74) is 13.4. The van der Waals surface area contributed by atoms with Crippen LogP contribution in [0, 0.1) is 5.41 Å². The van der Waals surface area contributed by atoms with Crippen molar-refractivity contribution in [2.24, 2.45) is 16.9 Å². The van der Waals surface area contributed by atoms with E-state index in [1.54, 1.807) is 0 Å². The molecule has 0 aliphatic carbocycles. The van der Waals surface area contributed by atoms with Gasteiger partial charge in [0.1, 0.15) is 6.23 Å². The fourth-order valence-corrected chi connectivity index (χ4v) is 1.79. The second-order valence-electron chi connectivity index (χ2n) is 5.65. The Morgan fingerprint density at radius 2 is 1.78 bits per heavy atom. The largest absolute Gasteiger partial charge is 0.357 e. The van der Waals surface area contributed by atoms with Crippen molar-refractivity contribution in [3.8, 4) is 0 Å². The van der Waals surface area contributed by atoms with E-state index in [1.807, 2.05) is 30.3 Å². The number of rotatable bonds is 7. The van der Waals surface area contributed by atoms with Crippen LogP contribution >= 0.6 is 0 Å². The predicted octanol–water partition coefficient (Wildman–Crippen LogP) is 2.64. The third-order valence-corrected chi connectivity index (χ3v) is 3.45. The summed E-state index contributed by atoms with van der Waals surface area (Å²) in [4.78, 5) is 0. The van der Waals surface area contributed by atoms with Gasteiger partial charge in [-0.1, -0.05) is 57.5 Å². The van der Waals surface area contributed by atoms with Gasteiger partial charge in [0.05, 0.1) is 6.61 Å². The van der Waals surface area contributed by atoms with Gasteiger partial charge in [-0.05, 0) is 17.4 Å². The summed E-state index contributed by atoms with van der Waals surface area (Å²) < 4.78 is 5.63. The summed E-state index contributed by atoms with van der Waals surface area (Å²) in [6.45, 7) is 7.10. The van der Waals surface area contributed by atoms with Crippen molar-refractivity contribution in [2.45, 2.75) is 52.5 Å². The van der Waals surface area contributed by atoms with E-state index in [-0.39, 0.29) is 11.5 Å². The van der Waals surface area contributed by atoms with Crippen molar-refractivity contribution in [1.82, 2.24) is 0 Å². The van der Waals surface area contributed by atoms with Gasteiger partial charge < -0.3 is 16.2 Å². The summed E-state index contributed by atoms with van der Waals surface area (Å²) in [7, 11) is 0. The Bertz CT molecular complexity index is 338. The SMILES string of the molecule is CCC(C)(C)CC(N)[C@@H](N)OCc1ccccc1. The molecule has 0 aliphatic heterocycles. The first-order valence-corrected chi connectivity index (χ1v) is 6.61. The Morgan fingerprint density at radius 3 is 2.33 bits per heavy atom. The topological polar surface area (TPSA) is 61.3 Å². The molecule has 0 radical (unpaired) electrons. The lowest BCUT2D eigenvalue weighted by Gasteiger charge is -2.29. The van der Waals surface area contributed by atoms with Crippen molar-refractivity contribution in [1.29, 1.82) is 0 Å². The lowest BCUT2D eigenvalue weighted by molar-refractivity contribution is 0.0176. The minimum atomic E-state index is -0.406. The molecule has 0 aromatic heterocycles. The molecule has 4 N–H and O–H groups in total. The fraction of sp³-hybridized carbons (Fsp3) is 0.600. The molecule has 1 unspecified atom stereocenters. The quantitative estimate of drug-likeness (QED) is 0.731. The predicted molar refractivity (Wildman–Crippen MR) is 75.9 cm³/mol. The monoisotopic (exact) mass is 250 g/mol. The van der Waals surface area contributed by atoms with E-state index in [4.69, 9.17) is 16.2 Å². The molecule has 1 rings (SSSR count). The lowest BCUT2D eigenvalue weighted by Crippen LogP contribution is -2.45. The van der Waals surface area contributed by atoms with E-state index in [0.717, 1.165) is 18.4 Å². The van der Waals surface area contributed by atoms with E-state index in [0.29, 0.717) is 6.61 Å². The van der Waals surface area contributed by atoms with Crippen LogP contribution < -0.4 is 11.5 Å². The summed E-state index contributed by atoms with van der Waals surface area (Å²) in [5, 5.41) is 0. The number of nitrogens with two attached hydrogens (primary N) is 2. The third-order valence-electron chi connectivity index (χ3n) is 3.45. The number of benzene rings is 1. The molecule has 0 spiro atoms. The maximum Gasteiger partial charge on any atom is 0.121 e. The van der Waals surface area contributed by atoms with Gasteiger partial charge in [-0.15, -0.1) is 0 Å². The molecule has 0 amide bonds. The molecule has 0 saturated carbocycles. The molecule has 0 bridgehead atoms. The first-order chi connectivity index (χ1) is 8.44. The highest BCUT2D eigenvalue weighted by Gasteiger charge is 2.23. The van der Waals surface area contributed by atoms with E-state index in [9.17, 15) is 0 Å². The Balaban J connectivity index is 2.38. The maximum absolute atomic E-state index is 6.09.